The number of aryl methyl sites for hydroxylation is 2. The molecule has 3 aromatic heterocycles. The molecule has 0 N–H and O–H groups in total. The zero-order valence-electron chi connectivity index (χ0n) is 13.8. The van der Waals surface area contributed by atoms with Crippen molar-refractivity contribution in [2.24, 2.45) is 0 Å². The Bertz CT molecular complexity index is 1060. The molecule has 0 aliphatic heterocycles. The maximum atomic E-state index is 5.71. The van der Waals surface area contributed by atoms with Crippen LogP contribution in [0.15, 0.2) is 42.9 Å². The molecule has 0 unspecified atom stereocenters. The van der Waals surface area contributed by atoms with Crippen molar-refractivity contribution >= 4 is 39.0 Å². The minimum Gasteiger partial charge on any atom is -0.410 e. The maximum Gasteiger partial charge on any atom is 0.277 e. The summed E-state index contributed by atoms with van der Waals surface area (Å²) in [4.78, 5) is 9.68. The minimum absolute atomic E-state index is 0.448. The lowest BCUT2D eigenvalue weighted by Gasteiger charge is -1.94. The quantitative estimate of drug-likeness (QED) is 0.396. The van der Waals surface area contributed by atoms with Crippen molar-refractivity contribution in [2.75, 3.05) is 0 Å². The van der Waals surface area contributed by atoms with Crippen LogP contribution >= 0.6 is 39.0 Å². The van der Waals surface area contributed by atoms with Gasteiger partial charge < -0.3 is 8.94 Å². The van der Waals surface area contributed by atoms with Gasteiger partial charge in [-0.05, 0) is 26.0 Å². The van der Waals surface area contributed by atoms with Gasteiger partial charge in [-0.15, -0.1) is 21.5 Å². The number of hydrogen-bond donors (Lipinski definition) is 0. The van der Waals surface area contributed by atoms with Crippen molar-refractivity contribution in [1.82, 2.24) is 25.3 Å². The Balaban J connectivity index is 1.44. The molecular formula is C16H12BrN5O2S2. The van der Waals surface area contributed by atoms with E-state index in [-0.39, 0.29) is 0 Å². The molecular weight excluding hydrogens is 438 g/mol. The largest absolute Gasteiger partial charge is 0.410 e. The number of halogens is 1. The molecule has 4 aromatic rings. The van der Waals surface area contributed by atoms with Crippen molar-refractivity contribution in [3.8, 4) is 22.2 Å². The molecule has 0 aliphatic carbocycles. The molecule has 26 heavy (non-hydrogen) atoms. The van der Waals surface area contributed by atoms with Crippen molar-refractivity contribution in [1.29, 1.82) is 0 Å². The smallest absolute Gasteiger partial charge is 0.277 e. The lowest BCUT2D eigenvalue weighted by atomic mass is 10.2. The van der Waals surface area contributed by atoms with Crippen molar-refractivity contribution in [3.05, 3.63) is 45.3 Å². The zero-order valence-corrected chi connectivity index (χ0v) is 17.0. The van der Waals surface area contributed by atoms with Gasteiger partial charge >= 0.3 is 0 Å². The summed E-state index contributed by atoms with van der Waals surface area (Å²) in [5.41, 5.74) is 1.78. The molecule has 0 bridgehead atoms. The normalized spacial score (nSPS) is 11.2. The average molecular weight is 450 g/mol. The Kier molecular flexibility index (Phi) is 4.88. The Hall–Kier alpha value is -2.04. The molecule has 132 valence electrons. The van der Waals surface area contributed by atoms with Crippen LogP contribution in [0.25, 0.3) is 22.2 Å². The van der Waals surface area contributed by atoms with Crippen LogP contribution < -0.4 is 0 Å². The Morgan fingerprint density at radius 3 is 2.85 bits per heavy atom. The first-order valence-corrected chi connectivity index (χ1v) is 10.2. The molecule has 0 saturated heterocycles. The van der Waals surface area contributed by atoms with E-state index in [9.17, 15) is 0 Å². The van der Waals surface area contributed by atoms with Gasteiger partial charge in [-0.25, -0.2) is 4.98 Å². The number of thioether (sulfide) groups is 1. The first-order valence-electron chi connectivity index (χ1n) is 7.58. The summed E-state index contributed by atoms with van der Waals surface area (Å²) in [6, 6.07) is 7.73. The fourth-order valence-corrected chi connectivity index (χ4v) is 4.11. The highest BCUT2D eigenvalue weighted by atomic mass is 79.9. The van der Waals surface area contributed by atoms with E-state index in [1.54, 1.807) is 0 Å². The van der Waals surface area contributed by atoms with E-state index < -0.39 is 0 Å². The van der Waals surface area contributed by atoms with Crippen LogP contribution in [0.5, 0.6) is 0 Å². The summed E-state index contributed by atoms with van der Waals surface area (Å²) in [5, 5.41) is 13.6. The summed E-state index contributed by atoms with van der Waals surface area (Å²) in [6.07, 6.45) is 0. The van der Waals surface area contributed by atoms with Crippen LogP contribution in [0.1, 0.15) is 16.6 Å². The average Bonchev–Trinajstić information content (AvgIpc) is 3.33. The van der Waals surface area contributed by atoms with Crippen molar-refractivity contribution in [2.45, 2.75) is 24.8 Å². The molecule has 0 saturated carbocycles. The maximum absolute atomic E-state index is 5.71. The fraction of sp³-hybridized carbons (Fsp3) is 0.188. The molecule has 4 rings (SSSR count). The Morgan fingerprint density at radius 1 is 1.19 bits per heavy atom. The number of nitrogens with zero attached hydrogens (tertiary/aromatic N) is 5. The topological polar surface area (TPSA) is 90.7 Å². The third kappa shape index (κ3) is 3.71. The molecule has 0 radical (unpaired) electrons. The molecule has 7 nitrogen and oxygen atoms in total. The van der Waals surface area contributed by atoms with Crippen LogP contribution in [0.2, 0.25) is 0 Å². The third-order valence-electron chi connectivity index (χ3n) is 3.37. The van der Waals surface area contributed by atoms with E-state index in [1.807, 2.05) is 38.1 Å². The highest BCUT2D eigenvalue weighted by Crippen LogP contribution is 2.31. The first-order chi connectivity index (χ1) is 12.6. The lowest BCUT2D eigenvalue weighted by Crippen LogP contribution is -1.83. The van der Waals surface area contributed by atoms with Crippen LogP contribution in [0.3, 0.4) is 0 Å². The van der Waals surface area contributed by atoms with Crippen LogP contribution in [-0.2, 0) is 5.75 Å². The van der Waals surface area contributed by atoms with Crippen molar-refractivity contribution in [3.63, 3.8) is 0 Å². The van der Waals surface area contributed by atoms with Gasteiger partial charge in [0.1, 0.15) is 4.88 Å². The van der Waals surface area contributed by atoms with E-state index in [2.05, 4.69) is 41.3 Å². The number of hydrogen-bond acceptors (Lipinski definition) is 9. The molecule has 0 fully saturated rings. The van der Waals surface area contributed by atoms with E-state index in [0.29, 0.717) is 28.6 Å². The van der Waals surface area contributed by atoms with Gasteiger partial charge in [0, 0.05) is 10.0 Å². The monoisotopic (exact) mass is 449 g/mol. The summed E-state index contributed by atoms with van der Waals surface area (Å²) < 4.78 is 12.0. The minimum atomic E-state index is 0.448. The van der Waals surface area contributed by atoms with Gasteiger partial charge in [0.2, 0.25) is 11.7 Å². The van der Waals surface area contributed by atoms with E-state index in [1.165, 1.54) is 23.1 Å². The van der Waals surface area contributed by atoms with E-state index in [0.717, 1.165) is 25.6 Å². The van der Waals surface area contributed by atoms with Crippen molar-refractivity contribution < 1.29 is 8.94 Å². The number of benzene rings is 1. The number of rotatable bonds is 5. The summed E-state index contributed by atoms with van der Waals surface area (Å²) in [5.74, 6) is 1.97. The van der Waals surface area contributed by atoms with Gasteiger partial charge in [-0.3, -0.25) is 0 Å². The molecule has 3 heterocycles. The van der Waals surface area contributed by atoms with Crippen LogP contribution in [0.4, 0.5) is 0 Å². The van der Waals surface area contributed by atoms with Gasteiger partial charge in [0.05, 0.1) is 16.5 Å². The first kappa shape index (κ1) is 17.4. The number of aromatic nitrogens is 5. The van der Waals surface area contributed by atoms with Crippen LogP contribution in [0, 0.1) is 13.8 Å². The second-order valence-electron chi connectivity index (χ2n) is 5.33. The molecule has 0 spiro atoms. The molecule has 0 amide bonds. The summed E-state index contributed by atoms with van der Waals surface area (Å²) >= 11 is 6.32. The molecule has 1 aromatic carbocycles. The predicted molar refractivity (Wildman–Crippen MR) is 102 cm³/mol. The molecule has 10 heteroatoms. The molecule has 0 aliphatic rings. The lowest BCUT2D eigenvalue weighted by molar-refractivity contribution is 0.391. The van der Waals surface area contributed by atoms with Crippen LogP contribution in [-0.4, -0.2) is 25.3 Å². The second kappa shape index (κ2) is 7.29. The highest BCUT2D eigenvalue weighted by Gasteiger charge is 2.16. The highest BCUT2D eigenvalue weighted by molar-refractivity contribution is 9.10. The standard InChI is InChI=1S/C16H12BrN5O2S2/c1-8-13(26-9(2)18-8)15-20-21-16(23-15)25-7-12-19-14(22-24-12)10-4-3-5-11(17)6-10/h3-6H,7H2,1-2H3. The van der Waals surface area contributed by atoms with E-state index in [4.69, 9.17) is 8.94 Å². The Morgan fingerprint density at radius 2 is 2.08 bits per heavy atom. The van der Waals surface area contributed by atoms with Gasteiger partial charge in [-0.1, -0.05) is 45.0 Å². The second-order valence-corrected chi connectivity index (χ2v) is 8.38. The fourth-order valence-electron chi connectivity index (χ4n) is 2.27. The number of thiazole rings is 1. The molecule has 0 atom stereocenters. The van der Waals surface area contributed by atoms with Gasteiger partial charge in [0.15, 0.2) is 0 Å². The summed E-state index contributed by atoms with van der Waals surface area (Å²) in [7, 11) is 0. The SMILES string of the molecule is Cc1nc(C)c(-c2nnc(SCc3nc(-c4cccc(Br)c4)no3)o2)s1. The van der Waals surface area contributed by atoms with E-state index >= 15 is 0 Å². The third-order valence-corrected chi connectivity index (χ3v) is 5.73. The van der Waals surface area contributed by atoms with Gasteiger partial charge in [-0.2, -0.15) is 4.98 Å². The predicted octanol–water partition coefficient (Wildman–Crippen LogP) is 4.91. The zero-order chi connectivity index (χ0) is 18.1. The summed E-state index contributed by atoms with van der Waals surface area (Å²) in [6.45, 7) is 3.88. The Labute approximate surface area is 165 Å². The van der Waals surface area contributed by atoms with Gasteiger partial charge in [0.25, 0.3) is 11.1 Å².